The van der Waals surface area contributed by atoms with Crippen LogP contribution in [0, 0.1) is 0 Å². The Balaban J connectivity index is 1.68. The Morgan fingerprint density at radius 2 is 1.70 bits per heavy atom. The van der Waals surface area contributed by atoms with Gasteiger partial charge in [-0.25, -0.2) is 0 Å². The Kier molecular flexibility index (Phi) is 6.04. The van der Waals surface area contributed by atoms with E-state index in [0.29, 0.717) is 12.1 Å². The second-order valence-corrected chi connectivity index (χ2v) is 6.75. The fourth-order valence-corrected chi connectivity index (χ4v) is 3.06. The van der Waals surface area contributed by atoms with Gasteiger partial charge in [-0.3, -0.25) is 9.89 Å². The molecule has 0 aliphatic rings. The Labute approximate surface area is 159 Å². The van der Waals surface area contributed by atoms with Gasteiger partial charge in [0.15, 0.2) is 0 Å². The quantitative estimate of drug-likeness (QED) is 0.661. The van der Waals surface area contributed by atoms with Gasteiger partial charge < -0.3 is 10.0 Å². The highest BCUT2D eigenvalue weighted by Crippen LogP contribution is 2.24. The lowest BCUT2D eigenvalue weighted by molar-refractivity contribution is 0.0783. The Bertz CT molecular complexity index is 856. The number of rotatable bonds is 7. The monoisotopic (exact) mass is 363 g/mol. The first-order valence-electron chi connectivity index (χ1n) is 9.20. The van der Waals surface area contributed by atoms with Crippen LogP contribution in [0.4, 0.5) is 0 Å². The van der Waals surface area contributed by atoms with E-state index in [4.69, 9.17) is 0 Å². The molecule has 0 bridgehead atoms. The van der Waals surface area contributed by atoms with Crippen molar-refractivity contribution in [1.82, 2.24) is 15.1 Å². The summed E-state index contributed by atoms with van der Waals surface area (Å²) >= 11 is 0. The third-order valence-corrected chi connectivity index (χ3v) is 4.64. The normalized spacial score (nSPS) is 12.0. The molecule has 1 amide bonds. The molecule has 0 unspecified atom stereocenters. The lowest BCUT2D eigenvalue weighted by Gasteiger charge is -2.16. The highest BCUT2D eigenvalue weighted by atomic mass is 16.3. The first-order valence-corrected chi connectivity index (χ1v) is 9.20. The van der Waals surface area contributed by atoms with E-state index in [2.05, 4.69) is 17.1 Å². The zero-order chi connectivity index (χ0) is 19.2. The molecule has 1 heterocycles. The van der Waals surface area contributed by atoms with Crippen molar-refractivity contribution in [3.8, 4) is 11.1 Å². The van der Waals surface area contributed by atoms with E-state index in [1.54, 1.807) is 18.1 Å². The summed E-state index contributed by atoms with van der Waals surface area (Å²) in [6.07, 6.45) is 2.99. The number of nitrogens with zero attached hydrogens (tertiary/aromatic N) is 2. The van der Waals surface area contributed by atoms with Gasteiger partial charge in [0.2, 0.25) is 0 Å². The van der Waals surface area contributed by atoms with E-state index in [1.807, 2.05) is 54.6 Å². The fraction of sp³-hybridized carbons (Fsp3) is 0.273. The molecule has 5 nitrogen and oxygen atoms in total. The highest BCUT2D eigenvalue weighted by Gasteiger charge is 2.13. The molecule has 140 valence electrons. The van der Waals surface area contributed by atoms with E-state index in [9.17, 15) is 9.90 Å². The molecule has 27 heavy (non-hydrogen) atoms. The number of amides is 1. The lowest BCUT2D eigenvalue weighted by Crippen LogP contribution is -2.26. The molecule has 0 radical (unpaired) electrons. The summed E-state index contributed by atoms with van der Waals surface area (Å²) in [5, 5.41) is 16.8. The van der Waals surface area contributed by atoms with Crippen LogP contribution < -0.4 is 0 Å². The van der Waals surface area contributed by atoms with Crippen LogP contribution in [-0.2, 0) is 6.54 Å². The molecule has 1 aromatic heterocycles. The van der Waals surface area contributed by atoms with Crippen molar-refractivity contribution >= 4 is 5.91 Å². The summed E-state index contributed by atoms with van der Waals surface area (Å²) in [6.45, 7) is 2.55. The number of nitrogens with one attached hydrogen (secondary N) is 1. The van der Waals surface area contributed by atoms with E-state index >= 15 is 0 Å². The fourth-order valence-electron chi connectivity index (χ4n) is 3.06. The lowest BCUT2D eigenvalue weighted by atomic mass is 9.99. The molecular weight excluding hydrogens is 338 g/mol. The summed E-state index contributed by atoms with van der Waals surface area (Å²) in [5.41, 5.74) is 4.59. The van der Waals surface area contributed by atoms with E-state index in [-0.39, 0.29) is 5.91 Å². The predicted octanol–water partition coefficient (Wildman–Crippen LogP) is 4.18. The standard InChI is InChI=1S/C22H25N3O2/c1-3-4-21(26)18-9-5-16(6-10-18)17-7-11-19(12-8-17)22(27)25(2)15-20-13-14-23-24-20/h5-14,21,26H,3-4,15H2,1-2H3,(H,23,24)/t21-/m0/s1. The average Bonchev–Trinajstić information content (AvgIpc) is 3.21. The van der Waals surface area contributed by atoms with E-state index in [0.717, 1.165) is 35.2 Å². The Morgan fingerprint density at radius 1 is 1.07 bits per heavy atom. The summed E-state index contributed by atoms with van der Waals surface area (Å²) in [7, 11) is 1.78. The van der Waals surface area contributed by atoms with Crippen LogP contribution in [0.25, 0.3) is 11.1 Å². The first kappa shape index (κ1) is 18.9. The van der Waals surface area contributed by atoms with Crippen LogP contribution in [0.1, 0.15) is 47.5 Å². The third-order valence-electron chi connectivity index (χ3n) is 4.64. The zero-order valence-electron chi connectivity index (χ0n) is 15.7. The smallest absolute Gasteiger partial charge is 0.253 e. The molecule has 2 aromatic carbocycles. The Morgan fingerprint density at radius 3 is 2.26 bits per heavy atom. The minimum Gasteiger partial charge on any atom is -0.388 e. The van der Waals surface area contributed by atoms with Gasteiger partial charge >= 0.3 is 0 Å². The molecule has 0 aliphatic heterocycles. The van der Waals surface area contributed by atoms with Crippen molar-refractivity contribution in [2.75, 3.05) is 7.05 Å². The molecule has 0 spiro atoms. The van der Waals surface area contributed by atoms with Gasteiger partial charge in [0.1, 0.15) is 0 Å². The second kappa shape index (κ2) is 8.64. The van der Waals surface area contributed by atoms with Gasteiger partial charge in [-0.05, 0) is 41.3 Å². The van der Waals surface area contributed by atoms with Crippen molar-refractivity contribution in [3.05, 3.63) is 77.6 Å². The van der Waals surface area contributed by atoms with Gasteiger partial charge in [-0.2, -0.15) is 5.10 Å². The Hall–Kier alpha value is -2.92. The third kappa shape index (κ3) is 4.63. The SMILES string of the molecule is CCC[C@H](O)c1ccc(-c2ccc(C(=O)N(C)Cc3ccn[nH]3)cc2)cc1. The molecule has 1 atom stereocenters. The maximum atomic E-state index is 12.6. The van der Waals surface area contributed by atoms with Crippen molar-refractivity contribution in [2.45, 2.75) is 32.4 Å². The van der Waals surface area contributed by atoms with Crippen molar-refractivity contribution < 1.29 is 9.90 Å². The first-order chi connectivity index (χ1) is 13.1. The van der Waals surface area contributed by atoms with Gasteiger partial charge in [0.25, 0.3) is 5.91 Å². The number of aliphatic hydroxyl groups is 1. The number of benzene rings is 2. The van der Waals surface area contributed by atoms with Crippen molar-refractivity contribution in [1.29, 1.82) is 0 Å². The van der Waals surface area contributed by atoms with Gasteiger partial charge in [0.05, 0.1) is 18.3 Å². The molecule has 3 aromatic rings. The van der Waals surface area contributed by atoms with Crippen LogP contribution in [0.15, 0.2) is 60.8 Å². The summed E-state index contributed by atoms with van der Waals surface area (Å²) in [6, 6.07) is 17.4. The summed E-state index contributed by atoms with van der Waals surface area (Å²) in [5.74, 6) is -0.0332. The topological polar surface area (TPSA) is 69.2 Å². The number of carbonyl (C=O) groups excluding carboxylic acids is 1. The van der Waals surface area contributed by atoms with E-state index < -0.39 is 6.10 Å². The predicted molar refractivity (Wildman–Crippen MR) is 106 cm³/mol. The molecule has 2 N–H and O–H groups in total. The molecular formula is C22H25N3O2. The van der Waals surface area contributed by atoms with Gasteiger partial charge in [0, 0.05) is 18.8 Å². The summed E-state index contributed by atoms with van der Waals surface area (Å²) in [4.78, 5) is 14.2. The number of aromatic amines is 1. The molecule has 0 saturated carbocycles. The van der Waals surface area contributed by atoms with Crippen LogP contribution in [-0.4, -0.2) is 33.2 Å². The number of hydrogen-bond acceptors (Lipinski definition) is 3. The molecule has 0 aliphatic carbocycles. The van der Waals surface area contributed by atoms with Crippen molar-refractivity contribution in [2.24, 2.45) is 0 Å². The average molecular weight is 363 g/mol. The molecule has 0 saturated heterocycles. The largest absolute Gasteiger partial charge is 0.388 e. The van der Waals surface area contributed by atoms with E-state index in [1.165, 1.54) is 0 Å². The summed E-state index contributed by atoms with van der Waals surface area (Å²) < 4.78 is 0. The number of aliphatic hydroxyl groups excluding tert-OH is 1. The van der Waals surface area contributed by atoms with Crippen LogP contribution in [0.5, 0.6) is 0 Å². The maximum Gasteiger partial charge on any atom is 0.253 e. The number of hydrogen-bond donors (Lipinski definition) is 2. The molecule has 0 fully saturated rings. The number of H-pyrrole nitrogens is 1. The molecule has 5 heteroatoms. The minimum absolute atomic E-state index is 0.0332. The second-order valence-electron chi connectivity index (χ2n) is 6.75. The maximum absolute atomic E-state index is 12.6. The van der Waals surface area contributed by atoms with Gasteiger partial charge in [-0.15, -0.1) is 0 Å². The molecule has 3 rings (SSSR count). The van der Waals surface area contributed by atoms with Gasteiger partial charge in [-0.1, -0.05) is 49.7 Å². The van der Waals surface area contributed by atoms with Crippen LogP contribution >= 0.6 is 0 Å². The van der Waals surface area contributed by atoms with Crippen LogP contribution in [0.2, 0.25) is 0 Å². The highest BCUT2D eigenvalue weighted by molar-refractivity contribution is 5.94. The van der Waals surface area contributed by atoms with Crippen molar-refractivity contribution in [3.63, 3.8) is 0 Å². The number of carbonyl (C=O) groups is 1. The minimum atomic E-state index is -0.408. The zero-order valence-corrected chi connectivity index (χ0v) is 15.7. The van der Waals surface area contributed by atoms with Crippen LogP contribution in [0.3, 0.4) is 0 Å². The number of aromatic nitrogens is 2.